The Balaban J connectivity index is 1.92. The molecular weight excluding hydrogens is 370 g/mol. The molecule has 1 saturated heterocycles. The van der Waals surface area contributed by atoms with E-state index in [1.54, 1.807) is 6.92 Å². The SMILES string of the molecule is CC(C)CCNC(=O)CCCCCNC(=O)CCCCCN1C(=O)CC(C)C1=O. The molecule has 1 atom stereocenters. The Hall–Kier alpha value is -1.92. The highest BCUT2D eigenvalue weighted by atomic mass is 16.2. The first-order valence-electron chi connectivity index (χ1n) is 11.2. The molecule has 0 radical (unpaired) electrons. The normalized spacial score (nSPS) is 16.6. The highest BCUT2D eigenvalue weighted by Gasteiger charge is 2.34. The number of carbonyl (C=O) groups is 4. The summed E-state index contributed by atoms with van der Waals surface area (Å²) in [5.74, 6) is 0.419. The van der Waals surface area contributed by atoms with Gasteiger partial charge in [0, 0.05) is 44.8 Å². The quantitative estimate of drug-likeness (QED) is 0.321. The maximum atomic E-state index is 11.8. The van der Waals surface area contributed by atoms with E-state index in [9.17, 15) is 19.2 Å². The van der Waals surface area contributed by atoms with Gasteiger partial charge in [0.15, 0.2) is 0 Å². The van der Waals surface area contributed by atoms with E-state index < -0.39 is 0 Å². The second-order valence-electron chi connectivity index (χ2n) is 8.49. The molecule has 7 heteroatoms. The lowest BCUT2D eigenvalue weighted by atomic mass is 10.1. The van der Waals surface area contributed by atoms with Crippen molar-refractivity contribution in [2.24, 2.45) is 11.8 Å². The van der Waals surface area contributed by atoms with Gasteiger partial charge in [0.05, 0.1) is 0 Å². The van der Waals surface area contributed by atoms with Gasteiger partial charge < -0.3 is 10.6 Å². The van der Waals surface area contributed by atoms with Gasteiger partial charge in [-0.2, -0.15) is 0 Å². The second kappa shape index (κ2) is 14.1. The van der Waals surface area contributed by atoms with Gasteiger partial charge in [-0.05, 0) is 38.0 Å². The average molecular weight is 410 g/mol. The van der Waals surface area contributed by atoms with E-state index in [0.717, 1.165) is 51.5 Å². The predicted molar refractivity (Wildman–Crippen MR) is 113 cm³/mol. The zero-order valence-electron chi connectivity index (χ0n) is 18.4. The number of hydrogen-bond acceptors (Lipinski definition) is 4. The summed E-state index contributed by atoms with van der Waals surface area (Å²) in [4.78, 5) is 48.3. The molecule has 0 aliphatic carbocycles. The number of likely N-dealkylation sites (tertiary alicyclic amines) is 1. The molecule has 0 aromatic heterocycles. The van der Waals surface area contributed by atoms with Crippen LogP contribution in [-0.2, 0) is 19.2 Å². The summed E-state index contributed by atoms with van der Waals surface area (Å²) in [7, 11) is 0. The zero-order chi connectivity index (χ0) is 21.6. The average Bonchev–Trinajstić information content (AvgIpc) is 2.89. The topological polar surface area (TPSA) is 95.6 Å². The highest BCUT2D eigenvalue weighted by molar-refractivity contribution is 6.03. The van der Waals surface area contributed by atoms with Gasteiger partial charge in [0.25, 0.3) is 0 Å². The molecule has 7 nitrogen and oxygen atoms in total. The molecule has 0 aromatic carbocycles. The van der Waals surface area contributed by atoms with Crippen molar-refractivity contribution < 1.29 is 19.2 Å². The molecular formula is C22H39N3O4. The molecule has 1 aliphatic rings. The number of unbranched alkanes of at least 4 members (excludes halogenated alkanes) is 4. The number of nitrogens with zero attached hydrogens (tertiary/aromatic N) is 1. The fourth-order valence-electron chi connectivity index (χ4n) is 3.31. The van der Waals surface area contributed by atoms with Crippen LogP contribution in [0.1, 0.15) is 85.0 Å². The molecule has 2 N–H and O–H groups in total. The number of carbonyl (C=O) groups excluding carboxylic acids is 4. The first kappa shape index (κ1) is 25.1. The van der Waals surface area contributed by atoms with Crippen molar-refractivity contribution in [1.29, 1.82) is 0 Å². The van der Waals surface area contributed by atoms with Crippen molar-refractivity contribution >= 4 is 23.6 Å². The van der Waals surface area contributed by atoms with E-state index >= 15 is 0 Å². The highest BCUT2D eigenvalue weighted by Crippen LogP contribution is 2.19. The first-order valence-corrected chi connectivity index (χ1v) is 11.2. The Morgan fingerprint density at radius 2 is 1.52 bits per heavy atom. The molecule has 166 valence electrons. The Morgan fingerprint density at radius 1 is 0.931 bits per heavy atom. The van der Waals surface area contributed by atoms with E-state index in [1.807, 2.05) is 0 Å². The lowest BCUT2D eigenvalue weighted by Gasteiger charge is -2.13. The van der Waals surface area contributed by atoms with Gasteiger partial charge in [-0.1, -0.05) is 33.6 Å². The van der Waals surface area contributed by atoms with Gasteiger partial charge in [-0.15, -0.1) is 0 Å². The van der Waals surface area contributed by atoms with Crippen LogP contribution in [0, 0.1) is 11.8 Å². The third kappa shape index (κ3) is 11.0. The van der Waals surface area contributed by atoms with Crippen molar-refractivity contribution in [1.82, 2.24) is 15.5 Å². The largest absolute Gasteiger partial charge is 0.356 e. The lowest BCUT2D eigenvalue weighted by molar-refractivity contribution is -0.139. The smallest absolute Gasteiger partial charge is 0.232 e. The third-order valence-electron chi connectivity index (χ3n) is 5.20. The number of amides is 4. The Morgan fingerprint density at radius 3 is 2.07 bits per heavy atom. The summed E-state index contributed by atoms with van der Waals surface area (Å²) < 4.78 is 0. The Bertz CT molecular complexity index is 548. The molecule has 0 bridgehead atoms. The summed E-state index contributed by atoms with van der Waals surface area (Å²) in [5.41, 5.74) is 0. The molecule has 0 spiro atoms. The van der Waals surface area contributed by atoms with Crippen LogP contribution in [0.5, 0.6) is 0 Å². The van der Waals surface area contributed by atoms with E-state index in [0.29, 0.717) is 38.3 Å². The maximum Gasteiger partial charge on any atom is 0.232 e. The van der Waals surface area contributed by atoms with E-state index in [2.05, 4.69) is 24.5 Å². The Labute approximate surface area is 175 Å². The van der Waals surface area contributed by atoms with Crippen molar-refractivity contribution in [3.05, 3.63) is 0 Å². The van der Waals surface area contributed by atoms with Crippen molar-refractivity contribution in [2.45, 2.75) is 85.0 Å². The fourth-order valence-corrected chi connectivity index (χ4v) is 3.31. The van der Waals surface area contributed by atoms with Gasteiger partial charge >= 0.3 is 0 Å². The molecule has 1 aliphatic heterocycles. The number of nitrogens with one attached hydrogen (secondary N) is 2. The molecule has 0 aromatic rings. The summed E-state index contributed by atoms with van der Waals surface area (Å²) >= 11 is 0. The molecule has 0 saturated carbocycles. The van der Waals surface area contributed by atoms with Crippen LogP contribution in [0.3, 0.4) is 0 Å². The Kier molecular flexibility index (Phi) is 12.2. The monoisotopic (exact) mass is 409 g/mol. The summed E-state index contributed by atoms with van der Waals surface area (Å²) in [6.45, 7) is 7.92. The van der Waals surface area contributed by atoms with Crippen LogP contribution in [0.25, 0.3) is 0 Å². The molecule has 4 amide bonds. The van der Waals surface area contributed by atoms with Crippen LogP contribution >= 0.6 is 0 Å². The van der Waals surface area contributed by atoms with Crippen LogP contribution in [-0.4, -0.2) is 48.2 Å². The minimum absolute atomic E-state index is 0.0402. The van der Waals surface area contributed by atoms with Crippen molar-refractivity contribution in [2.75, 3.05) is 19.6 Å². The fraction of sp³-hybridized carbons (Fsp3) is 0.818. The van der Waals surface area contributed by atoms with Gasteiger partial charge in [-0.3, -0.25) is 24.1 Å². The second-order valence-corrected chi connectivity index (χ2v) is 8.49. The summed E-state index contributed by atoms with van der Waals surface area (Å²) in [6, 6.07) is 0. The number of hydrogen-bond donors (Lipinski definition) is 2. The van der Waals surface area contributed by atoms with E-state index in [-0.39, 0.29) is 29.5 Å². The number of imide groups is 1. The summed E-state index contributed by atoms with van der Waals surface area (Å²) in [5, 5.41) is 5.84. The van der Waals surface area contributed by atoms with Crippen LogP contribution in [0.4, 0.5) is 0 Å². The zero-order valence-corrected chi connectivity index (χ0v) is 18.4. The van der Waals surface area contributed by atoms with Crippen LogP contribution < -0.4 is 10.6 Å². The predicted octanol–water partition coefficient (Wildman–Crippen LogP) is 2.78. The first-order chi connectivity index (χ1) is 13.8. The maximum absolute atomic E-state index is 11.8. The minimum atomic E-state index is -0.187. The van der Waals surface area contributed by atoms with E-state index in [1.165, 1.54) is 4.90 Å². The number of rotatable bonds is 15. The van der Waals surface area contributed by atoms with Crippen LogP contribution in [0.15, 0.2) is 0 Å². The minimum Gasteiger partial charge on any atom is -0.356 e. The standard InChI is InChI=1S/C22H39N3O4/c1-17(2)12-14-24-20(27)10-6-4-8-13-23-19(26)11-7-5-9-15-25-21(28)16-18(3)22(25)29/h17-18H,4-16H2,1-3H3,(H,23,26)(H,24,27). The molecule has 1 unspecified atom stereocenters. The van der Waals surface area contributed by atoms with Crippen molar-refractivity contribution in [3.8, 4) is 0 Å². The molecule has 29 heavy (non-hydrogen) atoms. The van der Waals surface area contributed by atoms with Gasteiger partial charge in [0.2, 0.25) is 23.6 Å². The van der Waals surface area contributed by atoms with Crippen molar-refractivity contribution in [3.63, 3.8) is 0 Å². The summed E-state index contributed by atoms with van der Waals surface area (Å²) in [6.07, 6.45) is 7.32. The molecule has 1 fully saturated rings. The van der Waals surface area contributed by atoms with Gasteiger partial charge in [-0.25, -0.2) is 0 Å². The lowest BCUT2D eigenvalue weighted by Crippen LogP contribution is -2.31. The van der Waals surface area contributed by atoms with Crippen LogP contribution in [0.2, 0.25) is 0 Å². The molecule has 1 heterocycles. The third-order valence-corrected chi connectivity index (χ3v) is 5.20. The van der Waals surface area contributed by atoms with E-state index in [4.69, 9.17) is 0 Å². The van der Waals surface area contributed by atoms with Gasteiger partial charge in [0.1, 0.15) is 0 Å². The molecule has 1 rings (SSSR count).